The SMILES string of the molecule is C#C[CH]Br. The highest BCUT2D eigenvalue weighted by atomic mass is 79.9. The van der Waals surface area contributed by atoms with Crippen molar-refractivity contribution in [3.63, 3.8) is 0 Å². The van der Waals surface area contributed by atoms with Gasteiger partial charge < -0.3 is 0 Å². The molecule has 0 aromatic heterocycles. The van der Waals surface area contributed by atoms with E-state index in [1.54, 1.807) is 0 Å². The Hall–Kier alpha value is 0.0400. The molecule has 4 heavy (non-hydrogen) atoms. The van der Waals surface area contributed by atoms with Gasteiger partial charge in [0.1, 0.15) is 0 Å². The zero-order valence-electron chi connectivity index (χ0n) is 2.03. The molecular formula is C3H2Br. The molecule has 1 heteroatoms. The molecular weight excluding hydrogens is 116 g/mol. The second kappa shape index (κ2) is 3.04. The quantitative estimate of drug-likeness (QED) is 0.419. The molecule has 0 aliphatic carbocycles. The lowest BCUT2D eigenvalue weighted by atomic mass is 10.9. The highest BCUT2D eigenvalue weighted by Crippen LogP contribution is 1.78. The van der Waals surface area contributed by atoms with Gasteiger partial charge in [0.15, 0.2) is 0 Å². The number of rotatable bonds is 0. The van der Waals surface area contributed by atoms with Gasteiger partial charge >= 0.3 is 0 Å². The van der Waals surface area contributed by atoms with E-state index in [-0.39, 0.29) is 0 Å². The van der Waals surface area contributed by atoms with Crippen molar-refractivity contribution < 1.29 is 0 Å². The van der Waals surface area contributed by atoms with Gasteiger partial charge in [-0.05, 0) is 0 Å². The average molecular weight is 118 g/mol. The maximum atomic E-state index is 4.68. The summed E-state index contributed by atoms with van der Waals surface area (Å²) in [6, 6.07) is 0. The van der Waals surface area contributed by atoms with E-state index in [9.17, 15) is 0 Å². The van der Waals surface area contributed by atoms with Crippen LogP contribution in [0.25, 0.3) is 0 Å². The molecule has 1 radical (unpaired) electrons. The van der Waals surface area contributed by atoms with Gasteiger partial charge in [0, 0.05) is 0 Å². The van der Waals surface area contributed by atoms with Gasteiger partial charge in [-0.25, -0.2) is 0 Å². The molecule has 0 aromatic carbocycles. The molecule has 0 rings (SSSR count). The van der Waals surface area contributed by atoms with E-state index in [2.05, 4.69) is 28.3 Å². The Labute approximate surface area is 34.3 Å². The van der Waals surface area contributed by atoms with Crippen LogP contribution in [0, 0.1) is 17.7 Å². The van der Waals surface area contributed by atoms with E-state index in [4.69, 9.17) is 0 Å². The number of terminal acetylenes is 1. The van der Waals surface area contributed by atoms with E-state index < -0.39 is 0 Å². The third kappa shape index (κ3) is 2.04. The Bertz CT molecular complexity index is 33.0. The van der Waals surface area contributed by atoms with Crippen LogP contribution in [0.15, 0.2) is 0 Å². The molecule has 0 N–H and O–H groups in total. The van der Waals surface area contributed by atoms with Gasteiger partial charge in [-0.15, -0.1) is 6.42 Å². The summed E-state index contributed by atoms with van der Waals surface area (Å²) in [6.45, 7) is 0. The molecule has 0 spiro atoms. The van der Waals surface area contributed by atoms with Gasteiger partial charge in [-0.3, -0.25) is 0 Å². The average Bonchev–Trinajstić information content (AvgIpc) is 1.37. The van der Waals surface area contributed by atoms with Crippen LogP contribution in [0.5, 0.6) is 0 Å². The minimum atomic E-state index is 1.47. The predicted molar refractivity (Wildman–Crippen MR) is 22.1 cm³/mol. The standard InChI is InChI=1S/C3H2Br/c1-2-3-4/h1,3H. The molecule has 0 unspecified atom stereocenters. The summed E-state index contributed by atoms with van der Waals surface area (Å²) in [5.74, 6) is 2.22. The van der Waals surface area contributed by atoms with E-state index in [0.717, 1.165) is 0 Å². The zero-order chi connectivity index (χ0) is 3.41. The molecule has 21 valence electrons. The van der Waals surface area contributed by atoms with Crippen molar-refractivity contribution >= 4 is 15.9 Å². The van der Waals surface area contributed by atoms with Gasteiger partial charge in [0.05, 0.1) is 5.33 Å². The fourth-order valence-corrected chi connectivity index (χ4v) is 0. The van der Waals surface area contributed by atoms with E-state index in [0.29, 0.717) is 0 Å². The van der Waals surface area contributed by atoms with Crippen molar-refractivity contribution in [3.8, 4) is 12.3 Å². The van der Waals surface area contributed by atoms with Crippen LogP contribution >= 0.6 is 15.9 Å². The van der Waals surface area contributed by atoms with Crippen LogP contribution in [-0.4, -0.2) is 0 Å². The minimum absolute atomic E-state index is 1.47. The smallest absolute Gasteiger partial charge is 0.0986 e. The van der Waals surface area contributed by atoms with Crippen LogP contribution in [0.3, 0.4) is 0 Å². The Morgan fingerprint density at radius 3 is 2.25 bits per heavy atom. The second-order valence-corrected chi connectivity index (χ2v) is 0.734. The maximum Gasteiger partial charge on any atom is 0.0986 e. The first-order valence-electron chi connectivity index (χ1n) is 0.796. The molecule has 0 saturated heterocycles. The molecule has 0 heterocycles. The molecule has 0 aromatic rings. The van der Waals surface area contributed by atoms with Crippen LogP contribution in [-0.2, 0) is 0 Å². The number of hydrogen-bond donors (Lipinski definition) is 0. The fourth-order valence-electron chi connectivity index (χ4n) is 0. The number of hydrogen-bond acceptors (Lipinski definition) is 0. The second-order valence-electron chi connectivity index (χ2n) is 0.276. The van der Waals surface area contributed by atoms with Crippen molar-refractivity contribution in [3.05, 3.63) is 5.33 Å². The van der Waals surface area contributed by atoms with E-state index in [1.165, 1.54) is 5.33 Å². The first-order valence-corrected chi connectivity index (χ1v) is 1.71. The highest BCUT2D eigenvalue weighted by molar-refractivity contribution is 9.10. The summed E-state index contributed by atoms with van der Waals surface area (Å²) < 4.78 is 0. The van der Waals surface area contributed by atoms with Gasteiger partial charge in [0.25, 0.3) is 0 Å². The van der Waals surface area contributed by atoms with Crippen molar-refractivity contribution in [1.29, 1.82) is 0 Å². The monoisotopic (exact) mass is 117 g/mol. The summed E-state index contributed by atoms with van der Waals surface area (Å²) in [7, 11) is 0. The van der Waals surface area contributed by atoms with Gasteiger partial charge in [0.2, 0.25) is 0 Å². The highest BCUT2D eigenvalue weighted by Gasteiger charge is 1.48. The van der Waals surface area contributed by atoms with Crippen LogP contribution < -0.4 is 0 Å². The number of halogens is 1. The van der Waals surface area contributed by atoms with Gasteiger partial charge in [-0.2, -0.15) is 0 Å². The first-order chi connectivity index (χ1) is 1.91. The van der Waals surface area contributed by atoms with Crippen LogP contribution in [0.4, 0.5) is 0 Å². The Kier molecular flexibility index (Phi) is 3.07. The molecule has 0 saturated carbocycles. The summed E-state index contributed by atoms with van der Waals surface area (Å²) in [5, 5.41) is 1.47. The lowest BCUT2D eigenvalue weighted by Crippen LogP contribution is -1.32. The Morgan fingerprint density at radius 1 is 2.00 bits per heavy atom. The lowest BCUT2D eigenvalue weighted by molar-refractivity contribution is 2.34. The lowest BCUT2D eigenvalue weighted by Gasteiger charge is -1.48. The molecule has 0 fully saturated rings. The molecule has 0 bridgehead atoms. The Morgan fingerprint density at radius 2 is 2.25 bits per heavy atom. The van der Waals surface area contributed by atoms with Gasteiger partial charge in [-0.1, -0.05) is 21.9 Å². The summed E-state index contributed by atoms with van der Waals surface area (Å²) in [4.78, 5) is 0. The van der Waals surface area contributed by atoms with E-state index >= 15 is 0 Å². The summed E-state index contributed by atoms with van der Waals surface area (Å²) in [5.41, 5.74) is 0. The maximum absolute atomic E-state index is 4.68. The molecule has 0 nitrogen and oxygen atoms in total. The van der Waals surface area contributed by atoms with Crippen LogP contribution in [0.2, 0.25) is 0 Å². The van der Waals surface area contributed by atoms with Crippen molar-refractivity contribution in [1.82, 2.24) is 0 Å². The minimum Gasteiger partial charge on any atom is -0.119 e. The molecule has 0 aliphatic rings. The molecule has 0 amide bonds. The molecule has 0 atom stereocenters. The first kappa shape index (κ1) is 4.04. The molecule has 0 aliphatic heterocycles. The largest absolute Gasteiger partial charge is 0.119 e. The van der Waals surface area contributed by atoms with E-state index in [1.807, 2.05) is 0 Å². The topological polar surface area (TPSA) is 0 Å². The third-order valence-corrected chi connectivity index (χ3v) is 0.327. The summed E-state index contributed by atoms with van der Waals surface area (Å²) in [6.07, 6.45) is 4.68. The van der Waals surface area contributed by atoms with Crippen molar-refractivity contribution in [2.24, 2.45) is 0 Å². The van der Waals surface area contributed by atoms with Crippen LogP contribution in [0.1, 0.15) is 0 Å². The van der Waals surface area contributed by atoms with Crippen molar-refractivity contribution in [2.75, 3.05) is 0 Å². The normalized spacial score (nSPS) is 5.00. The van der Waals surface area contributed by atoms with Crippen molar-refractivity contribution in [2.45, 2.75) is 0 Å². The fraction of sp³-hybridized carbons (Fsp3) is 0. The predicted octanol–water partition coefficient (Wildman–Crippen LogP) is 1.18. The third-order valence-electron chi connectivity index (χ3n) is 0.0630. The Balaban J connectivity index is 2.43. The zero-order valence-corrected chi connectivity index (χ0v) is 3.62. The summed E-state index contributed by atoms with van der Waals surface area (Å²) >= 11 is 2.89.